The Balaban J connectivity index is 2.90. The summed E-state index contributed by atoms with van der Waals surface area (Å²) in [5.41, 5.74) is 1.09. The number of hydrogen-bond acceptors (Lipinski definition) is 2. The summed E-state index contributed by atoms with van der Waals surface area (Å²) < 4.78 is 0. The second-order valence-corrected chi connectivity index (χ2v) is 2.56. The van der Waals surface area contributed by atoms with Crippen LogP contribution in [0.1, 0.15) is 5.56 Å². The second kappa shape index (κ2) is 2.76. The van der Waals surface area contributed by atoms with Crippen LogP contribution in [0.5, 0.6) is 0 Å². The van der Waals surface area contributed by atoms with E-state index >= 15 is 0 Å². The Kier molecular flexibility index (Phi) is 1.60. The van der Waals surface area contributed by atoms with Crippen LogP contribution in [-0.2, 0) is 0 Å². The van der Waals surface area contributed by atoms with E-state index in [0.29, 0.717) is 10.9 Å². The van der Waals surface area contributed by atoms with Crippen LogP contribution in [-0.4, -0.2) is 9.97 Å². The topological polar surface area (TPSA) is 45.8 Å². The SMILES string of the molecule is C#Cc1ccc2c(=O)n[c][nH]c2c1. The first-order valence-corrected chi connectivity index (χ1v) is 3.68. The van der Waals surface area contributed by atoms with E-state index in [9.17, 15) is 4.79 Å². The minimum absolute atomic E-state index is 0.294. The Labute approximate surface area is 74.4 Å². The van der Waals surface area contributed by atoms with Crippen LogP contribution in [0.15, 0.2) is 23.0 Å². The predicted octanol–water partition coefficient (Wildman–Crippen LogP) is 0.705. The lowest BCUT2D eigenvalue weighted by molar-refractivity contribution is 1.15. The maximum atomic E-state index is 11.2. The fourth-order valence-corrected chi connectivity index (χ4v) is 1.12. The molecule has 3 nitrogen and oxygen atoms in total. The van der Waals surface area contributed by atoms with Gasteiger partial charge in [-0.25, -0.2) is 0 Å². The minimum atomic E-state index is -0.294. The zero-order chi connectivity index (χ0) is 9.26. The summed E-state index contributed by atoms with van der Waals surface area (Å²) in [6, 6.07) is 5.08. The van der Waals surface area contributed by atoms with Gasteiger partial charge in [-0.1, -0.05) is 5.92 Å². The normalized spacial score (nSPS) is 9.77. The molecule has 0 atom stereocenters. The first kappa shape index (κ1) is 7.56. The number of fused-ring (bicyclic) bond motifs is 1. The first-order valence-electron chi connectivity index (χ1n) is 3.68. The largest absolute Gasteiger partial charge is 0.336 e. The summed E-state index contributed by atoms with van der Waals surface area (Å²) in [5, 5.41) is 0.526. The van der Waals surface area contributed by atoms with Gasteiger partial charge in [-0.3, -0.25) is 4.79 Å². The Hall–Kier alpha value is -2.08. The van der Waals surface area contributed by atoms with Crippen molar-refractivity contribution < 1.29 is 0 Å². The van der Waals surface area contributed by atoms with Gasteiger partial charge in [-0.05, 0) is 18.2 Å². The standard InChI is InChI=1S/C10H5N2O/c1-2-7-3-4-8-9(5-7)11-6-12-10(8)13/h1,3-5H,(H,11,12,13). The highest BCUT2D eigenvalue weighted by molar-refractivity contribution is 5.78. The van der Waals surface area contributed by atoms with Crippen molar-refractivity contribution in [2.45, 2.75) is 0 Å². The van der Waals surface area contributed by atoms with Gasteiger partial charge >= 0.3 is 0 Å². The van der Waals surface area contributed by atoms with Gasteiger partial charge in [0.05, 0.1) is 10.9 Å². The number of rotatable bonds is 0. The Morgan fingerprint density at radius 2 is 2.38 bits per heavy atom. The van der Waals surface area contributed by atoms with Crippen LogP contribution >= 0.6 is 0 Å². The molecule has 3 heteroatoms. The van der Waals surface area contributed by atoms with E-state index < -0.39 is 0 Å². The maximum absolute atomic E-state index is 11.2. The van der Waals surface area contributed by atoms with Crippen LogP contribution in [0.25, 0.3) is 10.9 Å². The predicted molar refractivity (Wildman–Crippen MR) is 49.1 cm³/mol. The molecule has 61 valence electrons. The van der Waals surface area contributed by atoms with Crippen molar-refractivity contribution in [1.82, 2.24) is 9.97 Å². The van der Waals surface area contributed by atoms with E-state index in [4.69, 9.17) is 6.42 Å². The molecule has 0 amide bonds. The van der Waals surface area contributed by atoms with Crippen LogP contribution in [0, 0.1) is 18.7 Å². The minimum Gasteiger partial charge on any atom is -0.336 e. The van der Waals surface area contributed by atoms with E-state index in [2.05, 4.69) is 22.2 Å². The Morgan fingerprint density at radius 3 is 3.15 bits per heavy atom. The van der Waals surface area contributed by atoms with E-state index in [-0.39, 0.29) is 5.56 Å². The van der Waals surface area contributed by atoms with Crippen molar-refractivity contribution in [2.75, 3.05) is 0 Å². The molecule has 0 fully saturated rings. The molecule has 1 N–H and O–H groups in total. The molecule has 0 saturated heterocycles. The molecular formula is C10H5N2O. The van der Waals surface area contributed by atoms with Gasteiger partial charge < -0.3 is 4.98 Å². The molecule has 1 aromatic carbocycles. The molecule has 0 unspecified atom stereocenters. The van der Waals surface area contributed by atoms with Gasteiger partial charge in [0.2, 0.25) is 0 Å². The highest BCUT2D eigenvalue weighted by atomic mass is 16.1. The highest BCUT2D eigenvalue weighted by Gasteiger charge is 1.98. The lowest BCUT2D eigenvalue weighted by atomic mass is 10.1. The molecule has 0 bridgehead atoms. The van der Waals surface area contributed by atoms with Crippen LogP contribution < -0.4 is 5.56 Å². The monoisotopic (exact) mass is 169 g/mol. The highest BCUT2D eigenvalue weighted by Crippen LogP contribution is 2.07. The molecular weight excluding hydrogens is 164 g/mol. The third-order valence-electron chi connectivity index (χ3n) is 1.76. The van der Waals surface area contributed by atoms with Crippen molar-refractivity contribution in [3.8, 4) is 12.3 Å². The quantitative estimate of drug-likeness (QED) is 0.590. The summed E-state index contributed by atoms with van der Waals surface area (Å²) in [7, 11) is 0. The zero-order valence-corrected chi connectivity index (χ0v) is 6.66. The molecule has 1 radical (unpaired) electrons. The number of nitrogens with zero attached hydrogens (tertiary/aromatic N) is 1. The maximum Gasteiger partial charge on any atom is 0.281 e. The van der Waals surface area contributed by atoms with E-state index in [1.807, 2.05) is 0 Å². The van der Waals surface area contributed by atoms with E-state index in [1.165, 1.54) is 0 Å². The Morgan fingerprint density at radius 1 is 1.54 bits per heavy atom. The molecule has 0 spiro atoms. The summed E-state index contributed by atoms with van der Waals surface area (Å²) in [6.07, 6.45) is 7.61. The summed E-state index contributed by atoms with van der Waals surface area (Å²) in [6.45, 7) is 0. The molecule has 2 aromatic rings. The number of nitrogens with one attached hydrogen (secondary N) is 1. The number of terminal acetylenes is 1. The third kappa shape index (κ3) is 1.18. The van der Waals surface area contributed by atoms with Gasteiger partial charge in [-0.15, -0.1) is 6.42 Å². The van der Waals surface area contributed by atoms with E-state index in [1.54, 1.807) is 18.2 Å². The molecule has 0 aliphatic heterocycles. The second-order valence-electron chi connectivity index (χ2n) is 2.56. The van der Waals surface area contributed by atoms with Crippen molar-refractivity contribution in [2.24, 2.45) is 0 Å². The van der Waals surface area contributed by atoms with Gasteiger partial charge in [0, 0.05) is 5.56 Å². The fourth-order valence-electron chi connectivity index (χ4n) is 1.12. The van der Waals surface area contributed by atoms with E-state index in [0.717, 1.165) is 5.56 Å². The molecule has 0 aliphatic rings. The summed E-state index contributed by atoms with van der Waals surface area (Å²) in [4.78, 5) is 17.4. The molecule has 2 rings (SSSR count). The number of aromatic nitrogens is 2. The molecule has 0 saturated carbocycles. The van der Waals surface area contributed by atoms with Gasteiger partial charge in [0.15, 0.2) is 6.33 Å². The first-order chi connectivity index (χ1) is 6.31. The third-order valence-corrected chi connectivity index (χ3v) is 1.76. The lowest BCUT2D eigenvalue weighted by Crippen LogP contribution is -2.06. The number of H-pyrrole nitrogens is 1. The lowest BCUT2D eigenvalue weighted by Gasteiger charge is -1.95. The van der Waals surface area contributed by atoms with Crippen LogP contribution in [0.4, 0.5) is 0 Å². The molecule has 13 heavy (non-hydrogen) atoms. The smallest absolute Gasteiger partial charge is 0.281 e. The van der Waals surface area contributed by atoms with Gasteiger partial charge in [0.25, 0.3) is 5.56 Å². The average molecular weight is 169 g/mol. The van der Waals surface area contributed by atoms with Crippen molar-refractivity contribution in [1.29, 1.82) is 0 Å². The number of aromatic amines is 1. The average Bonchev–Trinajstić information content (AvgIpc) is 2.18. The van der Waals surface area contributed by atoms with Crippen molar-refractivity contribution >= 4 is 10.9 Å². The van der Waals surface area contributed by atoms with Crippen LogP contribution in [0.2, 0.25) is 0 Å². The molecule has 0 aliphatic carbocycles. The fraction of sp³-hybridized carbons (Fsp3) is 0. The van der Waals surface area contributed by atoms with Gasteiger partial charge in [0.1, 0.15) is 0 Å². The molecule has 1 heterocycles. The summed E-state index contributed by atoms with van der Waals surface area (Å²) in [5.74, 6) is 2.48. The Bertz CT molecular complexity index is 549. The van der Waals surface area contributed by atoms with Crippen molar-refractivity contribution in [3.63, 3.8) is 0 Å². The van der Waals surface area contributed by atoms with Crippen molar-refractivity contribution in [3.05, 3.63) is 40.4 Å². The number of hydrogen-bond donors (Lipinski definition) is 1. The molecule has 1 aromatic heterocycles. The number of benzene rings is 1. The summed E-state index contributed by atoms with van der Waals surface area (Å²) >= 11 is 0. The van der Waals surface area contributed by atoms with Crippen LogP contribution in [0.3, 0.4) is 0 Å². The zero-order valence-electron chi connectivity index (χ0n) is 6.66. The van der Waals surface area contributed by atoms with Gasteiger partial charge in [-0.2, -0.15) is 4.98 Å².